The van der Waals surface area contributed by atoms with Crippen molar-refractivity contribution >= 4 is 11.6 Å². The van der Waals surface area contributed by atoms with Crippen molar-refractivity contribution in [3.8, 4) is 0 Å². The van der Waals surface area contributed by atoms with Crippen molar-refractivity contribution in [3.63, 3.8) is 0 Å². The highest BCUT2D eigenvalue weighted by Gasteiger charge is 2.28. The summed E-state index contributed by atoms with van der Waals surface area (Å²) in [5, 5.41) is 3.11. The average Bonchev–Trinajstić information content (AvgIpc) is 3.02. The van der Waals surface area contributed by atoms with E-state index in [2.05, 4.69) is 10.2 Å². The third kappa shape index (κ3) is 3.40. The lowest BCUT2D eigenvalue weighted by atomic mass is 10.0. The number of piperidine rings is 1. The molecule has 3 rings (SSSR count). The van der Waals surface area contributed by atoms with Crippen LogP contribution in [0.5, 0.6) is 0 Å². The molecule has 1 aromatic rings. The summed E-state index contributed by atoms with van der Waals surface area (Å²) in [7, 11) is 0. The van der Waals surface area contributed by atoms with Crippen LogP contribution in [0.3, 0.4) is 0 Å². The molecule has 2 aliphatic heterocycles. The normalized spacial score (nSPS) is 25.3. The zero-order valence-corrected chi connectivity index (χ0v) is 13.0. The Balaban J connectivity index is 1.62. The molecule has 5 heteroatoms. The van der Waals surface area contributed by atoms with E-state index in [1.165, 1.54) is 6.07 Å². The van der Waals surface area contributed by atoms with E-state index in [0.29, 0.717) is 6.61 Å². The first-order valence-electron chi connectivity index (χ1n) is 8.06. The van der Waals surface area contributed by atoms with Crippen LogP contribution in [0.2, 0.25) is 0 Å². The van der Waals surface area contributed by atoms with Crippen LogP contribution in [-0.2, 0) is 9.53 Å². The molecular formula is C17H23FN2O2. The second-order valence-corrected chi connectivity index (χ2v) is 6.23. The summed E-state index contributed by atoms with van der Waals surface area (Å²) < 4.78 is 18.7. The monoisotopic (exact) mass is 306 g/mol. The zero-order chi connectivity index (χ0) is 15.5. The first kappa shape index (κ1) is 15.3. The minimum atomic E-state index is -0.275. The number of hydrogen-bond acceptors (Lipinski definition) is 3. The standard InChI is InChI=1S/C17H23FN2O2/c1-12-10-13(18)6-7-15(12)20-8-2-4-14(11-20)19-17(21)16-5-3-9-22-16/h6-7,10,14,16H,2-5,8-9,11H2,1H3,(H,19,21). The van der Waals surface area contributed by atoms with Gasteiger partial charge in [0.1, 0.15) is 11.9 Å². The minimum absolute atomic E-state index is 0.0141. The third-order valence-corrected chi connectivity index (χ3v) is 4.49. The number of nitrogens with one attached hydrogen (secondary N) is 1. The van der Waals surface area contributed by atoms with Crippen LogP contribution < -0.4 is 10.2 Å². The number of carbonyl (C=O) groups excluding carboxylic acids is 1. The summed E-state index contributed by atoms with van der Waals surface area (Å²) in [5.74, 6) is -0.193. The molecule has 0 radical (unpaired) electrons. The van der Waals surface area contributed by atoms with Crippen LogP contribution in [0.4, 0.5) is 10.1 Å². The number of aryl methyl sites for hydroxylation is 1. The molecule has 2 atom stereocenters. The summed E-state index contributed by atoms with van der Waals surface area (Å²) >= 11 is 0. The van der Waals surface area contributed by atoms with Crippen LogP contribution in [0.15, 0.2) is 18.2 Å². The lowest BCUT2D eigenvalue weighted by Crippen LogP contribution is -2.50. The van der Waals surface area contributed by atoms with E-state index in [-0.39, 0.29) is 23.9 Å². The molecule has 22 heavy (non-hydrogen) atoms. The predicted octanol–water partition coefficient (Wildman–Crippen LogP) is 2.40. The van der Waals surface area contributed by atoms with E-state index in [9.17, 15) is 9.18 Å². The maximum absolute atomic E-state index is 13.2. The van der Waals surface area contributed by atoms with E-state index >= 15 is 0 Å². The van der Waals surface area contributed by atoms with E-state index in [4.69, 9.17) is 4.74 Å². The molecule has 2 fully saturated rings. The maximum Gasteiger partial charge on any atom is 0.249 e. The third-order valence-electron chi connectivity index (χ3n) is 4.49. The van der Waals surface area contributed by atoms with Crippen molar-refractivity contribution in [2.45, 2.75) is 44.8 Å². The Morgan fingerprint density at radius 3 is 2.95 bits per heavy atom. The molecule has 0 spiro atoms. The number of ether oxygens (including phenoxy) is 1. The number of amides is 1. The molecule has 120 valence electrons. The highest BCUT2D eigenvalue weighted by molar-refractivity contribution is 5.81. The highest BCUT2D eigenvalue weighted by atomic mass is 19.1. The van der Waals surface area contributed by atoms with Gasteiger partial charge in [-0.15, -0.1) is 0 Å². The largest absolute Gasteiger partial charge is 0.369 e. The van der Waals surface area contributed by atoms with Gasteiger partial charge in [-0.05, 0) is 56.4 Å². The molecule has 0 aliphatic carbocycles. The molecule has 2 aliphatic rings. The second kappa shape index (κ2) is 6.65. The number of nitrogens with zero attached hydrogens (tertiary/aromatic N) is 1. The fourth-order valence-electron chi connectivity index (χ4n) is 3.37. The molecule has 1 amide bonds. The van der Waals surface area contributed by atoms with Crippen molar-refractivity contribution in [3.05, 3.63) is 29.6 Å². The molecule has 2 unspecified atom stereocenters. The molecule has 0 aromatic heterocycles. The molecule has 0 saturated carbocycles. The minimum Gasteiger partial charge on any atom is -0.369 e. The highest BCUT2D eigenvalue weighted by Crippen LogP contribution is 2.24. The molecular weight excluding hydrogens is 283 g/mol. The van der Waals surface area contributed by atoms with Gasteiger partial charge in [0.2, 0.25) is 5.91 Å². The van der Waals surface area contributed by atoms with Gasteiger partial charge in [0.25, 0.3) is 0 Å². The zero-order valence-electron chi connectivity index (χ0n) is 13.0. The molecule has 2 heterocycles. The maximum atomic E-state index is 13.2. The Bertz CT molecular complexity index is 543. The van der Waals surface area contributed by atoms with Gasteiger partial charge in [0.05, 0.1) is 0 Å². The van der Waals surface area contributed by atoms with Crippen molar-refractivity contribution in [2.75, 3.05) is 24.6 Å². The average molecular weight is 306 g/mol. The van der Waals surface area contributed by atoms with Crippen LogP contribution in [0, 0.1) is 12.7 Å². The van der Waals surface area contributed by atoms with Gasteiger partial charge in [-0.2, -0.15) is 0 Å². The van der Waals surface area contributed by atoms with Gasteiger partial charge in [-0.25, -0.2) is 4.39 Å². The molecule has 4 nitrogen and oxygen atoms in total. The van der Waals surface area contributed by atoms with Crippen LogP contribution in [-0.4, -0.2) is 37.7 Å². The number of rotatable bonds is 3. The van der Waals surface area contributed by atoms with Crippen molar-refractivity contribution in [1.82, 2.24) is 5.32 Å². The lowest BCUT2D eigenvalue weighted by Gasteiger charge is -2.36. The quantitative estimate of drug-likeness (QED) is 0.932. The fraction of sp³-hybridized carbons (Fsp3) is 0.588. The summed E-state index contributed by atoms with van der Waals surface area (Å²) in [6.07, 6.45) is 3.51. The van der Waals surface area contributed by atoms with Crippen LogP contribution in [0.1, 0.15) is 31.2 Å². The number of hydrogen-bond donors (Lipinski definition) is 1. The molecule has 1 aromatic carbocycles. The number of carbonyl (C=O) groups is 1. The van der Waals surface area contributed by atoms with Crippen molar-refractivity contribution in [2.24, 2.45) is 0 Å². The first-order chi connectivity index (χ1) is 10.6. The Kier molecular flexibility index (Phi) is 4.62. The topological polar surface area (TPSA) is 41.6 Å². The Hall–Kier alpha value is -1.62. The Morgan fingerprint density at radius 2 is 2.23 bits per heavy atom. The second-order valence-electron chi connectivity index (χ2n) is 6.23. The van der Waals surface area contributed by atoms with Gasteiger partial charge < -0.3 is 15.0 Å². The van der Waals surface area contributed by atoms with Crippen molar-refractivity contribution in [1.29, 1.82) is 0 Å². The smallest absolute Gasteiger partial charge is 0.249 e. The first-order valence-corrected chi connectivity index (χ1v) is 8.06. The van der Waals surface area contributed by atoms with E-state index in [1.54, 1.807) is 6.07 Å². The Morgan fingerprint density at radius 1 is 1.36 bits per heavy atom. The molecule has 0 bridgehead atoms. The number of halogens is 1. The summed E-state index contributed by atoms with van der Waals surface area (Å²) in [4.78, 5) is 14.4. The fourth-order valence-corrected chi connectivity index (χ4v) is 3.37. The summed E-state index contributed by atoms with van der Waals surface area (Å²) in [5.41, 5.74) is 1.99. The van der Waals surface area contributed by atoms with Gasteiger partial charge in [0, 0.05) is 31.4 Å². The van der Waals surface area contributed by atoms with Gasteiger partial charge in [-0.1, -0.05) is 0 Å². The number of anilines is 1. The van der Waals surface area contributed by atoms with Crippen LogP contribution in [0.25, 0.3) is 0 Å². The van der Waals surface area contributed by atoms with E-state index < -0.39 is 0 Å². The van der Waals surface area contributed by atoms with Gasteiger partial charge >= 0.3 is 0 Å². The van der Waals surface area contributed by atoms with E-state index in [0.717, 1.165) is 50.0 Å². The van der Waals surface area contributed by atoms with Gasteiger partial charge in [0.15, 0.2) is 0 Å². The lowest BCUT2D eigenvalue weighted by molar-refractivity contribution is -0.130. The number of benzene rings is 1. The SMILES string of the molecule is Cc1cc(F)ccc1N1CCCC(NC(=O)C2CCCO2)C1. The summed E-state index contributed by atoms with van der Waals surface area (Å²) in [6.45, 7) is 4.32. The van der Waals surface area contributed by atoms with Crippen molar-refractivity contribution < 1.29 is 13.9 Å². The predicted molar refractivity (Wildman–Crippen MR) is 83.5 cm³/mol. The summed E-state index contributed by atoms with van der Waals surface area (Å²) in [6, 6.07) is 5.02. The molecule has 2 saturated heterocycles. The van der Waals surface area contributed by atoms with Crippen LogP contribution >= 0.6 is 0 Å². The Labute approximate surface area is 130 Å². The van der Waals surface area contributed by atoms with E-state index in [1.807, 2.05) is 13.0 Å². The van der Waals surface area contributed by atoms with Gasteiger partial charge in [-0.3, -0.25) is 4.79 Å². The molecule has 1 N–H and O–H groups in total.